The van der Waals surface area contributed by atoms with Crippen molar-refractivity contribution in [3.05, 3.63) is 16.1 Å². The third-order valence-corrected chi connectivity index (χ3v) is 4.78. The first-order chi connectivity index (χ1) is 9.56. The second-order valence-electron chi connectivity index (χ2n) is 5.18. The lowest BCUT2D eigenvalue weighted by atomic mass is 9.97. The van der Waals surface area contributed by atoms with Crippen molar-refractivity contribution in [3.8, 4) is 0 Å². The Balaban J connectivity index is 2.30. The molecule has 6 heteroatoms. The predicted octanol–water partition coefficient (Wildman–Crippen LogP) is 5.62. The molecule has 0 aliphatic heterocycles. The van der Waals surface area contributed by atoms with Gasteiger partial charge in [-0.1, -0.05) is 50.4 Å². The van der Waals surface area contributed by atoms with E-state index in [4.69, 9.17) is 23.2 Å². The summed E-state index contributed by atoms with van der Waals surface area (Å²) < 4.78 is 8.56. The van der Waals surface area contributed by atoms with E-state index in [9.17, 15) is 0 Å². The molecule has 0 aliphatic rings. The van der Waals surface area contributed by atoms with Gasteiger partial charge >= 0.3 is 0 Å². The molecular formula is C14H19Cl2N3S. The number of nitrogens with one attached hydrogen (secondary N) is 1. The number of benzene rings is 1. The van der Waals surface area contributed by atoms with Crippen LogP contribution in [-0.2, 0) is 0 Å². The molecule has 0 spiro atoms. The normalized spacial score (nSPS) is 14.4. The van der Waals surface area contributed by atoms with Crippen LogP contribution >= 0.6 is 34.9 Å². The molecule has 1 heterocycles. The van der Waals surface area contributed by atoms with Crippen LogP contribution < -0.4 is 5.32 Å². The van der Waals surface area contributed by atoms with Gasteiger partial charge < -0.3 is 5.32 Å². The van der Waals surface area contributed by atoms with Crippen LogP contribution in [0.1, 0.15) is 40.0 Å². The summed E-state index contributed by atoms with van der Waals surface area (Å²) >= 11 is 13.6. The second-order valence-corrected chi connectivity index (χ2v) is 6.52. The fourth-order valence-electron chi connectivity index (χ4n) is 2.20. The number of halogens is 2. The van der Waals surface area contributed by atoms with Crippen molar-refractivity contribution < 1.29 is 0 Å². The van der Waals surface area contributed by atoms with Gasteiger partial charge in [0.2, 0.25) is 0 Å². The molecule has 3 nitrogen and oxygen atoms in total. The van der Waals surface area contributed by atoms with Gasteiger partial charge in [-0.2, -0.15) is 8.75 Å². The number of nitrogens with zero attached hydrogens (tertiary/aromatic N) is 2. The average Bonchev–Trinajstić information content (AvgIpc) is 2.91. The zero-order valence-corrected chi connectivity index (χ0v) is 14.2. The molecule has 0 saturated heterocycles. The SMILES string of the molecule is CCC(C)CC(CC)Nc1c(Cl)cc(Cl)c2nsnc12. The summed E-state index contributed by atoms with van der Waals surface area (Å²) in [4.78, 5) is 0. The molecule has 20 heavy (non-hydrogen) atoms. The summed E-state index contributed by atoms with van der Waals surface area (Å²) in [6, 6.07) is 2.12. The van der Waals surface area contributed by atoms with Crippen molar-refractivity contribution in [2.75, 3.05) is 5.32 Å². The van der Waals surface area contributed by atoms with Crippen LogP contribution in [0.2, 0.25) is 10.0 Å². The summed E-state index contributed by atoms with van der Waals surface area (Å²) in [5.74, 6) is 0.683. The van der Waals surface area contributed by atoms with Crippen LogP contribution in [-0.4, -0.2) is 14.8 Å². The zero-order valence-electron chi connectivity index (χ0n) is 11.9. The van der Waals surface area contributed by atoms with Gasteiger partial charge in [0.1, 0.15) is 11.0 Å². The van der Waals surface area contributed by atoms with E-state index in [0.29, 0.717) is 22.0 Å². The molecule has 2 unspecified atom stereocenters. The number of anilines is 1. The van der Waals surface area contributed by atoms with Gasteiger partial charge in [-0.05, 0) is 24.8 Å². The molecule has 2 rings (SSSR count). The molecule has 0 bridgehead atoms. The summed E-state index contributed by atoms with van der Waals surface area (Å²) in [7, 11) is 0. The van der Waals surface area contributed by atoms with E-state index in [1.807, 2.05) is 0 Å². The van der Waals surface area contributed by atoms with Crippen LogP contribution in [0.3, 0.4) is 0 Å². The van der Waals surface area contributed by atoms with Crippen molar-refractivity contribution in [2.45, 2.75) is 46.1 Å². The zero-order chi connectivity index (χ0) is 14.7. The first kappa shape index (κ1) is 15.8. The highest BCUT2D eigenvalue weighted by Gasteiger charge is 2.17. The van der Waals surface area contributed by atoms with Crippen molar-refractivity contribution >= 4 is 51.7 Å². The summed E-state index contributed by atoms with van der Waals surface area (Å²) in [6.07, 6.45) is 3.34. The maximum absolute atomic E-state index is 6.33. The minimum Gasteiger partial charge on any atom is -0.379 e. The predicted molar refractivity (Wildman–Crippen MR) is 89.2 cm³/mol. The van der Waals surface area contributed by atoms with Crippen LogP contribution in [0, 0.1) is 5.92 Å². The van der Waals surface area contributed by atoms with Crippen LogP contribution in [0.15, 0.2) is 6.07 Å². The number of aromatic nitrogens is 2. The van der Waals surface area contributed by atoms with E-state index in [-0.39, 0.29) is 0 Å². The highest BCUT2D eigenvalue weighted by molar-refractivity contribution is 7.00. The molecule has 0 saturated carbocycles. The topological polar surface area (TPSA) is 37.8 Å². The summed E-state index contributed by atoms with van der Waals surface area (Å²) in [5.41, 5.74) is 2.35. The monoisotopic (exact) mass is 331 g/mol. The van der Waals surface area contributed by atoms with Gasteiger partial charge in [0, 0.05) is 6.04 Å². The van der Waals surface area contributed by atoms with Crippen LogP contribution in [0.5, 0.6) is 0 Å². The number of fused-ring (bicyclic) bond motifs is 1. The molecule has 2 atom stereocenters. The molecule has 0 radical (unpaired) electrons. The molecular weight excluding hydrogens is 313 g/mol. The average molecular weight is 332 g/mol. The van der Waals surface area contributed by atoms with Gasteiger partial charge in [-0.25, -0.2) is 0 Å². The van der Waals surface area contributed by atoms with Gasteiger partial charge in [0.15, 0.2) is 0 Å². The van der Waals surface area contributed by atoms with Gasteiger partial charge in [-0.3, -0.25) is 0 Å². The van der Waals surface area contributed by atoms with Gasteiger partial charge in [0.25, 0.3) is 0 Å². The van der Waals surface area contributed by atoms with Gasteiger partial charge in [-0.15, -0.1) is 0 Å². The number of rotatable bonds is 6. The third-order valence-electron chi connectivity index (χ3n) is 3.67. The smallest absolute Gasteiger partial charge is 0.130 e. The van der Waals surface area contributed by atoms with E-state index >= 15 is 0 Å². The van der Waals surface area contributed by atoms with E-state index in [0.717, 1.165) is 41.3 Å². The molecule has 0 aliphatic carbocycles. The first-order valence-corrected chi connectivity index (χ1v) is 8.42. The molecule has 2 aromatic rings. The van der Waals surface area contributed by atoms with Gasteiger partial charge in [0.05, 0.1) is 27.5 Å². The number of hydrogen-bond donors (Lipinski definition) is 1. The Labute approximate surface area is 134 Å². The molecule has 0 amide bonds. The van der Waals surface area contributed by atoms with Crippen molar-refractivity contribution in [2.24, 2.45) is 5.92 Å². The Morgan fingerprint density at radius 1 is 1.15 bits per heavy atom. The van der Waals surface area contributed by atoms with E-state index in [2.05, 4.69) is 34.8 Å². The van der Waals surface area contributed by atoms with Crippen molar-refractivity contribution in [1.29, 1.82) is 0 Å². The lowest BCUT2D eigenvalue weighted by Gasteiger charge is -2.22. The number of hydrogen-bond acceptors (Lipinski definition) is 4. The quantitative estimate of drug-likeness (QED) is 0.745. The van der Waals surface area contributed by atoms with Crippen LogP contribution in [0.4, 0.5) is 5.69 Å². The second kappa shape index (κ2) is 6.92. The largest absolute Gasteiger partial charge is 0.379 e. The maximum Gasteiger partial charge on any atom is 0.130 e. The van der Waals surface area contributed by atoms with Crippen LogP contribution in [0.25, 0.3) is 11.0 Å². The maximum atomic E-state index is 6.33. The molecule has 110 valence electrons. The summed E-state index contributed by atoms with van der Waals surface area (Å²) in [6.45, 7) is 6.67. The van der Waals surface area contributed by atoms with Crippen molar-refractivity contribution in [1.82, 2.24) is 8.75 Å². The fourth-order valence-corrected chi connectivity index (χ4v) is 3.36. The molecule has 0 fully saturated rings. The van der Waals surface area contributed by atoms with Crippen molar-refractivity contribution in [3.63, 3.8) is 0 Å². The Bertz CT molecular complexity index is 585. The molecule has 1 aromatic carbocycles. The lowest BCUT2D eigenvalue weighted by molar-refractivity contribution is 0.462. The molecule has 1 N–H and O–H groups in total. The Morgan fingerprint density at radius 3 is 2.50 bits per heavy atom. The van der Waals surface area contributed by atoms with E-state index in [1.165, 1.54) is 6.42 Å². The minimum absolute atomic E-state index is 0.383. The Hall–Kier alpha value is -0.580. The first-order valence-electron chi connectivity index (χ1n) is 6.93. The highest BCUT2D eigenvalue weighted by Crippen LogP contribution is 2.36. The lowest BCUT2D eigenvalue weighted by Crippen LogP contribution is -2.21. The minimum atomic E-state index is 0.383. The Morgan fingerprint density at radius 2 is 1.85 bits per heavy atom. The van der Waals surface area contributed by atoms with E-state index < -0.39 is 0 Å². The summed E-state index contributed by atoms with van der Waals surface area (Å²) in [5, 5.41) is 4.70. The highest BCUT2D eigenvalue weighted by atomic mass is 35.5. The fraction of sp³-hybridized carbons (Fsp3) is 0.571. The third kappa shape index (κ3) is 3.35. The standard InChI is InChI=1S/C14H19Cl2N3S/c1-4-8(3)6-9(5-2)17-12-10(15)7-11(16)13-14(12)19-20-18-13/h7-9,17H,4-6H2,1-3H3. The Kier molecular flexibility index (Phi) is 5.47. The molecule has 1 aromatic heterocycles. The van der Waals surface area contributed by atoms with E-state index in [1.54, 1.807) is 6.07 Å².